The number of nitrogens with one attached hydrogen (secondary N) is 1. The predicted molar refractivity (Wildman–Crippen MR) is 63.2 cm³/mol. The van der Waals surface area contributed by atoms with Crippen LogP contribution in [0.2, 0.25) is 0 Å². The molecule has 3 aromatic rings. The molecule has 0 spiro atoms. The van der Waals surface area contributed by atoms with Crippen molar-refractivity contribution in [1.29, 1.82) is 0 Å². The minimum absolute atomic E-state index is 0.189. The molecule has 0 radical (unpaired) electrons. The Bertz CT molecular complexity index is 610. The van der Waals surface area contributed by atoms with Gasteiger partial charge in [-0.25, -0.2) is 0 Å². The zero-order valence-electron chi connectivity index (χ0n) is 8.51. The minimum Gasteiger partial charge on any atom is -0.506 e. The fourth-order valence-electron chi connectivity index (χ4n) is 1.81. The van der Waals surface area contributed by atoms with Crippen molar-refractivity contribution in [3.8, 4) is 17.1 Å². The fourth-order valence-corrected chi connectivity index (χ4v) is 1.81. The van der Waals surface area contributed by atoms with E-state index in [0.29, 0.717) is 5.69 Å². The molecule has 0 unspecified atom stereocenters. The molecule has 2 heterocycles. The van der Waals surface area contributed by atoms with Crippen molar-refractivity contribution in [2.75, 3.05) is 0 Å². The second-order valence-corrected chi connectivity index (χ2v) is 3.64. The van der Waals surface area contributed by atoms with Gasteiger partial charge in [-0.3, -0.25) is 4.98 Å². The highest BCUT2D eigenvalue weighted by atomic mass is 16.3. The average molecular weight is 210 g/mol. The summed E-state index contributed by atoms with van der Waals surface area (Å²) in [5, 5.41) is 10.8. The molecule has 16 heavy (non-hydrogen) atoms. The molecule has 0 aliphatic carbocycles. The minimum atomic E-state index is 0.189. The molecular weight excluding hydrogens is 200 g/mol. The van der Waals surface area contributed by atoms with E-state index in [9.17, 15) is 5.11 Å². The zero-order chi connectivity index (χ0) is 11.0. The second kappa shape index (κ2) is 3.38. The Hall–Kier alpha value is -2.29. The van der Waals surface area contributed by atoms with E-state index in [0.717, 1.165) is 16.6 Å². The van der Waals surface area contributed by atoms with Crippen LogP contribution in [0.1, 0.15) is 0 Å². The summed E-state index contributed by atoms with van der Waals surface area (Å²) in [7, 11) is 0. The van der Waals surface area contributed by atoms with Crippen molar-refractivity contribution in [2.45, 2.75) is 0 Å². The Morgan fingerprint density at radius 2 is 1.94 bits per heavy atom. The topological polar surface area (TPSA) is 48.9 Å². The van der Waals surface area contributed by atoms with Crippen molar-refractivity contribution in [3.63, 3.8) is 0 Å². The van der Waals surface area contributed by atoms with Gasteiger partial charge < -0.3 is 10.1 Å². The van der Waals surface area contributed by atoms with E-state index in [1.54, 1.807) is 18.3 Å². The quantitative estimate of drug-likeness (QED) is 0.648. The number of para-hydroxylation sites is 1. The lowest BCUT2D eigenvalue weighted by molar-refractivity contribution is 0.475. The largest absolute Gasteiger partial charge is 0.506 e. The van der Waals surface area contributed by atoms with Gasteiger partial charge in [0.05, 0.1) is 5.69 Å². The summed E-state index contributed by atoms with van der Waals surface area (Å²) >= 11 is 0. The average Bonchev–Trinajstić information content (AvgIpc) is 2.73. The summed E-state index contributed by atoms with van der Waals surface area (Å²) < 4.78 is 0. The summed E-state index contributed by atoms with van der Waals surface area (Å²) in [5.41, 5.74) is 2.46. The Kier molecular flexibility index (Phi) is 1.90. The van der Waals surface area contributed by atoms with Gasteiger partial charge in [0, 0.05) is 17.1 Å². The number of hydrogen-bond donors (Lipinski definition) is 2. The third-order valence-electron chi connectivity index (χ3n) is 2.57. The first-order valence-electron chi connectivity index (χ1n) is 5.07. The highest BCUT2D eigenvalue weighted by molar-refractivity contribution is 5.85. The molecule has 0 saturated carbocycles. The molecule has 0 aliphatic heterocycles. The summed E-state index contributed by atoms with van der Waals surface area (Å²) in [6.45, 7) is 0. The van der Waals surface area contributed by atoms with Crippen LogP contribution in [0.25, 0.3) is 22.3 Å². The molecule has 3 heteroatoms. The number of nitrogens with zero attached hydrogens (tertiary/aromatic N) is 1. The third-order valence-corrected chi connectivity index (χ3v) is 2.57. The molecule has 3 nitrogen and oxygen atoms in total. The fraction of sp³-hybridized carbons (Fsp3) is 0. The Morgan fingerprint density at radius 1 is 1.06 bits per heavy atom. The maximum absolute atomic E-state index is 9.71. The van der Waals surface area contributed by atoms with Crippen LogP contribution in [0.5, 0.6) is 5.75 Å². The van der Waals surface area contributed by atoms with Crippen LogP contribution < -0.4 is 0 Å². The highest BCUT2D eigenvalue weighted by Crippen LogP contribution is 2.28. The molecular formula is C13H10N2O. The molecule has 1 aromatic carbocycles. The molecule has 0 atom stereocenters. The van der Waals surface area contributed by atoms with Gasteiger partial charge in [-0.1, -0.05) is 18.2 Å². The number of aromatic amines is 1. The van der Waals surface area contributed by atoms with Gasteiger partial charge in [0.1, 0.15) is 11.4 Å². The van der Waals surface area contributed by atoms with Crippen LogP contribution in [0.4, 0.5) is 0 Å². The van der Waals surface area contributed by atoms with E-state index in [1.807, 2.05) is 30.3 Å². The number of benzene rings is 1. The van der Waals surface area contributed by atoms with Crippen molar-refractivity contribution < 1.29 is 5.11 Å². The van der Waals surface area contributed by atoms with Crippen molar-refractivity contribution >= 4 is 10.9 Å². The SMILES string of the molecule is Oc1cccnc1-c1cc2ccccc2[nH]1. The zero-order valence-corrected chi connectivity index (χ0v) is 8.51. The summed E-state index contributed by atoms with van der Waals surface area (Å²) in [6, 6.07) is 13.3. The van der Waals surface area contributed by atoms with Crippen molar-refractivity contribution in [1.82, 2.24) is 9.97 Å². The lowest BCUT2D eigenvalue weighted by atomic mass is 10.2. The van der Waals surface area contributed by atoms with E-state index in [1.165, 1.54) is 0 Å². The molecule has 0 fully saturated rings. The number of aromatic nitrogens is 2. The van der Waals surface area contributed by atoms with E-state index < -0.39 is 0 Å². The van der Waals surface area contributed by atoms with Crippen LogP contribution in [0.15, 0.2) is 48.7 Å². The van der Waals surface area contributed by atoms with E-state index in [2.05, 4.69) is 9.97 Å². The number of aromatic hydroxyl groups is 1. The number of pyridine rings is 1. The molecule has 78 valence electrons. The van der Waals surface area contributed by atoms with E-state index in [-0.39, 0.29) is 5.75 Å². The van der Waals surface area contributed by atoms with Crippen molar-refractivity contribution in [2.24, 2.45) is 0 Å². The van der Waals surface area contributed by atoms with Gasteiger partial charge in [0.25, 0.3) is 0 Å². The standard InChI is InChI=1S/C13H10N2O/c16-12-6-3-7-14-13(12)11-8-9-4-1-2-5-10(9)15-11/h1-8,15-16H. The monoisotopic (exact) mass is 210 g/mol. The molecule has 2 N–H and O–H groups in total. The van der Waals surface area contributed by atoms with E-state index >= 15 is 0 Å². The summed E-state index contributed by atoms with van der Waals surface area (Å²) in [6.07, 6.45) is 1.67. The van der Waals surface area contributed by atoms with Gasteiger partial charge in [-0.2, -0.15) is 0 Å². The van der Waals surface area contributed by atoms with Crippen LogP contribution in [-0.2, 0) is 0 Å². The van der Waals surface area contributed by atoms with Crippen LogP contribution in [0.3, 0.4) is 0 Å². The van der Waals surface area contributed by atoms with Gasteiger partial charge in [-0.15, -0.1) is 0 Å². The summed E-state index contributed by atoms with van der Waals surface area (Å²) in [4.78, 5) is 7.39. The number of rotatable bonds is 1. The van der Waals surface area contributed by atoms with Crippen molar-refractivity contribution in [3.05, 3.63) is 48.7 Å². The molecule has 0 bridgehead atoms. The predicted octanol–water partition coefficient (Wildman–Crippen LogP) is 2.94. The number of H-pyrrole nitrogens is 1. The van der Waals surface area contributed by atoms with Gasteiger partial charge in [0.15, 0.2) is 0 Å². The first-order valence-corrected chi connectivity index (χ1v) is 5.07. The van der Waals surface area contributed by atoms with Gasteiger partial charge in [-0.05, 0) is 24.3 Å². The van der Waals surface area contributed by atoms with E-state index in [4.69, 9.17) is 0 Å². The third kappa shape index (κ3) is 1.34. The lowest BCUT2D eigenvalue weighted by Gasteiger charge is -1.98. The molecule has 0 saturated heterocycles. The van der Waals surface area contributed by atoms with Crippen LogP contribution >= 0.6 is 0 Å². The molecule has 3 rings (SSSR count). The smallest absolute Gasteiger partial charge is 0.143 e. The Balaban J connectivity index is 2.23. The molecule has 0 amide bonds. The number of fused-ring (bicyclic) bond motifs is 1. The maximum Gasteiger partial charge on any atom is 0.143 e. The highest BCUT2D eigenvalue weighted by Gasteiger charge is 2.07. The maximum atomic E-state index is 9.71. The lowest BCUT2D eigenvalue weighted by Crippen LogP contribution is -1.82. The van der Waals surface area contributed by atoms with Gasteiger partial charge in [0.2, 0.25) is 0 Å². The molecule has 2 aromatic heterocycles. The first-order chi connectivity index (χ1) is 7.84. The Morgan fingerprint density at radius 3 is 2.75 bits per heavy atom. The summed E-state index contributed by atoms with van der Waals surface area (Å²) in [5.74, 6) is 0.189. The van der Waals surface area contributed by atoms with Crippen LogP contribution in [-0.4, -0.2) is 15.1 Å². The Labute approximate surface area is 92.4 Å². The number of hydrogen-bond acceptors (Lipinski definition) is 2. The molecule has 0 aliphatic rings. The first kappa shape index (κ1) is 8.97. The normalized spacial score (nSPS) is 10.8. The second-order valence-electron chi connectivity index (χ2n) is 3.64. The van der Waals surface area contributed by atoms with Crippen LogP contribution in [0, 0.1) is 0 Å². The van der Waals surface area contributed by atoms with Gasteiger partial charge >= 0.3 is 0 Å².